The van der Waals surface area contributed by atoms with E-state index >= 15 is 0 Å². The molecule has 0 saturated heterocycles. The highest BCUT2D eigenvalue weighted by Crippen LogP contribution is 2.22. The molecule has 1 atom stereocenters. The van der Waals surface area contributed by atoms with Crippen molar-refractivity contribution in [1.29, 1.82) is 0 Å². The van der Waals surface area contributed by atoms with Crippen molar-refractivity contribution in [3.8, 4) is 0 Å². The summed E-state index contributed by atoms with van der Waals surface area (Å²) in [5, 5.41) is 3.32. The third kappa shape index (κ3) is 5.34. The molecule has 0 radical (unpaired) electrons. The van der Waals surface area contributed by atoms with Crippen molar-refractivity contribution in [2.75, 3.05) is 11.9 Å². The molecule has 2 N–H and O–H groups in total. The summed E-state index contributed by atoms with van der Waals surface area (Å²) in [4.78, 5) is 12.5. The van der Waals surface area contributed by atoms with E-state index in [9.17, 15) is 13.6 Å². The summed E-state index contributed by atoms with van der Waals surface area (Å²) in [6.07, 6.45) is 0.571. The van der Waals surface area contributed by atoms with Gasteiger partial charge in [0.2, 0.25) is 0 Å². The van der Waals surface area contributed by atoms with Crippen molar-refractivity contribution in [2.24, 2.45) is 0 Å². The lowest BCUT2D eigenvalue weighted by molar-refractivity contribution is 0.103. The van der Waals surface area contributed by atoms with E-state index in [1.807, 2.05) is 54.6 Å². The maximum absolute atomic E-state index is 12.5. The molecular formula is C21H19N2O3S-. The number of hydrogen-bond acceptors (Lipinski definition) is 4. The molecule has 0 aliphatic carbocycles. The summed E-state index contributed by atoms with van der Waals surface area (Å²) in [6, 6.07) is 24.2. The molecule has 27 heavy (non-hydrogen) atoms. The summed E-state index contributed by atoms with van der Waals surface area (Å²) in [7, 11) is 0. The Hall–Kier alpha value is -2.80. The fourth-order valence-electron chi connectivity index (χ4n) is 2.75. The molecule has 0 saturated carbocycles. The molecule has 6 heteroatoms. The highest BCUT2D eigenvalue weighted by molar-refractivity contribution is 7.77. The first-order chi connectivity index (χ1) is 13.1. The van der Waals surface area contributed by atoms with Crippen molar-refractivity contribution < 1.29 is 13.6 Å². The topological polar surface area (TPSA) is 81.3 Å². The van der Waals surface area contributed by atoms with Crippen LogP contribution in [0.25, 0.3) is 0 Å². The molecule has 5 nitrogen and oxygen atoms in total. The molecule has 3 rings (SSSR count). The second kappa shape index (κ2) is 9.23. The normalized spacial score (nSPS) is 11.7. The maximum Gasteiger partial charge on any atom is 0.193 e. The Labute approximate surface area is 160 Å². The smallest absolute Gasteiger partial charge is 0.193 e. The molecule has 0 bridgehead atoms. The van der Waals surface area contributed by atoms with Crippen LogP contribution in [-0.4, -0.2) is 21.1 Å². The van der Waals surface area contributed by atoms with Crippen LogP contribution in [0.15, 0.2) is 78.9 Å². The number of ketones is 1. The first kappa shape index (κ1) is 19.0. The number of para-hydroxylation sites is 1. The van der Waals surface area contributed by atoms with Gasteiger partial charge in [-0.05, 0) is 42.3 Å². The Morgan fingerprint density at radius 1 is 0.852 bits per heavy atom. The Morgan fingerprint density at radius 2 is 1.48 bits per heavy atom. The predicted molar refractivity (Wildman–Crippen MR) is 107 cm³/mol. The molecule has 0 fully saturated rings. The van der Waals surface area contributed by atoms with E-state index in [2.05, 4.69) is 10.0 Å². The lowest BCUT2D eigenvalue weighted by Gasteiger charge is -2.13. The van der Waals surface area contributed by atoms with Gasteiger partial charge in [-0.25, -0.2) is 4.72 Å². The minimum atomic E-state index is -2.26. The van der Waals surface area contributed by atoms with E-state index in [0.717, 1.165) is 16.9 Å². The summed E-state index contributed by atoms with van der Waals surface area (Å²) in [5.74, 6) is -0.0146. The molecule has 0 heterocycles. The molecule has 0 spiro atoms. The molecular weight excluding hydrogens is 360 g/mol. The van der Waals surface area contributed by atoms with Crippen LogP contribution in [0.4, 0.5) is 11.4 Å². The molecule has 138 valence electrons. The summed E-state index contributed by atoms with van der Waals surface area (Å²) in [5.41, 5.74) is 4.04. The summed E-state index contributed by atoms with van der Waals surface area (Å²) >= 11 is -2.26. The fourth-order valence-corrected chi connectivity index (χ4v) is 3.01. The first-order valence-corrected chi connectivity index (χ1v) is 9.58. The Morgan fingerprint density at radius 3 is 2.19 bits per heavy atom. The van der Waals surface area contributed by atoms with Crippen LogP contribution in [0.3, 0.4) is 0 Å². The van der Waals surface area contributed by atoms with Gasteiger partial charge in [0.1, 0.15) is 0 Å². The van der Waals surface area contributed by atoms with Gasteiger partial charge in [0.05, 0.1) is 0 Å². The molecule has 0 aromatic heterocycles. The van der Waals surface area contributed by atoms with Gasteiger partial charge in [0.15, 0.2) is 5.78 Å². The standard InChI is InChI=1S/C21H20N2O3S/c24-21(17-7-2-1-3-8-17)18-10-12-19(13-11-18)23-20-9-5-4-6-16(20)14-15-22-27(25)26/h1-13,22-23H,14-15H2,(H,25,26)/p-1. The van der Waals surface area contributed by atoms with Crippen molar-refractivity contribution in [3.63, 3.8) is 0 Å². The van der Waals surface area contributed by atoms with E-state index in [1.165, 1.54) is 0 Å². The highest BCUT2D eigenvalue weighted by Gasteiger charge is 2.08. The number of benzene rings is 3. The molecule has 0 aliphatic rings. The zero-order valence-corrected chi connectivity index (χ0v) is 15.4. The second-order valence-corrected chi connectivity index (χ2v) is 6.69. The Kier molecular flexibility index (Phi) is 6.49. The summed E-state index contributed by atoms with van der Waals surface area (Å²) < 4.78 is 23.6. The fraction of sp³-hybridized carbons (Fsp3) is 0.0952. The zero-order chi connectivity index (χ0) is 19.1. The van der Waals surface area contributed by atoms with Crippen molar-refractivity contribution in [1.82, 2.24) is 4.72 Å². The monoisotopic (exact) mass is 379 g/mol. The first-order valence-electron chi connectivity index (χ1n) is 8.51. The Balaban J connectivity index is 1.70. The van der Waals surface area contributed by atoms with Crippen LogP contribution in [0.1, 0.15) is 21.5 Å². The van der Waals surface area contributed by atoms with Crippen molar-refractivity contribution in [3.05, 3.63) is 95.6 Å². The quantitative estimate of drug-likeness (QED) is 0.463. The molecule has 3 aromatic carbocycles. The van der Waals surface area contributed by atoms with Gasteiger partial charge in [0, 0.05) is 40.3 Å². The van der Waals surface area contributed by atoms with Gasteiger partial charge in [0.25, 0.3) is 0 Å². The molecule has 3 aromatic rings. The third-order valence-corrected chi connectivity index (χ3v) is 4.53. The zero-order valence-electron chi connectivity index (χ0n) is 14.6. The highest BCUT2D eigenvalue weighted by atomic mass is 32.2. The van der Waals surface area contributed by atoms with E-state index < -0.39 is 11.3 Å². The van der Waals surface area contributed by atoms with Gasteiger partial charge in [-0.15, -0.1) is 0 Å². The summed E-state index contributed by atoms with van der Waals surface area (Å²) in [6.45, 7) is 0.333. The van der Waals surface area contributed by atoms with Gasteiger partial charge in [-0.1, -0.05) is 48.5 Å². The lowest BCUT2D eigenvalue weighted by atomic mass is 10.0. The number of nitrogens with one attached hydrogen (secondary N) is 2. The SMILES string of the molecule is O=C(c1ccccc1)c1ccc(Nc2ccccc2CCNS(=O)[O-])cc1. The second-order valence-electron chi connectivity index (χ2n) is 5.93. The lowest BCUT2D eigenvalue weighted by Crippen LogP contribution is -2.19. The van der Waals surface area contributed by atoms with Crippen LogP contribution in [0.5, 0.6) is 0 Å². The third-order valence-electron chi connectivity index (χ3n) is 4.09. The van der Waals surface area contributed by atoms with Gasteiger partial charge in [-0.2, -0.15) is 0 Å². The van der Waals surface area contributed by atoms with Crippen LogP contribution in [-0.2, 0) is 17.7 Å². The average Bonchev–Trinajstić information content (AvgIpc) is 2.70. The van der Waals surface area contributed by atoms with Crippen LogP contribution in [0, 0.1) is 0 Å². The van der Waals surface area contributed by atoms with Crippen molar-refractivity contribution >= 4 is 28.4 Å². The minimum Gasteiger partial charge on any atom is -0.760 e. The Bertz CT molecular complexity index is 928. The van der Waals surface area contributed by atoms with Gasteiger partial charge in [-0.3, -0.25) is 9.00 Å². The van der Waals surface area contributed by atoms with E-state index in [-0.39, 0.29) is 5.78 Å². The number of anilines is 2. The van der Waals surface area contributed by atoms with E-state index in [0.29, 0.717) is 24.1 Å². The number of hydrogen-bond donors (Lipinski definition) is 2. The largest absolute Gasteiger partial charge is 0.760 e. The van der Waals surface area contributed by atoms with Crippen molar-refractivity contribution in [2.45, 2.75) is 6.42 Å². The predicted octanol–water partition coefficient (Wildman–Crippen LogP) is 3.59. The molecule has 0 amide bonds. The number of carbonyl (C=O) groups excluding carboxylic acids is 1. The number of carbonyl (C=O) groups is 1. The van der Waals surface area contributed by atoms with Gasteiger partial charge >= 0.3 is 0 Å². The molecule has 0 aliphatic heterocycles. The average molecular weight is 379 g/mol. The minimum absolute atomic E-state index is 0.0146. The van der Waals surface area contributed by atoms with Crippen LogP contribution >= 0.6 is 0 Å². The van der Waals surface area contributed by atoms with Crippen LogP contribution in [0.2, 0.25) is 0 Å². The maximum atomic E-state index is 12.5. The molecule has 1 unspecified atom stereocenters. The number of rotatable bonds is 8. The van der Waals surface area contributed by atoms with Gasteiger partial charge < -0.3 is 9.87 Å². The van der Waals surface area contributed by atoms with E-state index in [4.69, 9.17) is 0 Å². The van der Waals surface area contributed by atoms with E-state index in [1.54, 1.807) is 24.3 Å². The van der Waals surface area contributed by atoms with Crippen LogP contribution < -0.4 is 10.0 Å².